The number of H-pyrrole nitrogens is 1. The topological polar surface area (TPSA) is 53.9 Å². The Kier molecular flexibility index (Phi) is 7.60. The first-order valence-electron chi connectivity index (χ1n) is 8.17. The van der Waals surface area contributed by atoms with Crippen molar-refractivity contribution in [3.05, 3.63) is 40.3 Å². The first kappa shape index (κ1) is 18.2. The maximum Gasteiger partial charge on any atom is 0.248 e. The molecule has 1 aliphatic rings. The molecule has 0 unspecified atom stereocenters. The van der Waals surface area contributed by atoms with Crippen molar-refractivity contribution < 1.29 is 0 Å². The molecule has 0 bridgehead atoms. The van der Waals surface area contributed by atoms with Crippen molar-refractivity contribution in [1.29, 1.82) is 0 Å². The van der Waals surface area contributed by atoms with Gasteiger partial charge in [-0.1, -0.05) is 33.8 Å². The predicted octanol–water partition coefficient (Wildman–Crippen LogP) is 3.13. The van der Waals surface area contributed by atoms with Crippen LogP contribution in [0.3, 0.4) is 0 Å². The summed E-state index contributed by atoms with van der Waals surface area (Å²) >= 11 is 0. The summed E-state index contributed by atoms with van der Waals surface area (Å²) < 4.78 is 2.05. The van der Waals surface area contributed by atoms with Gasteiger partial charge in [-0.3, -0.25) is 9.48 Å². The third-order valence-corrected chi connectivity index (χ3v) is 3.25. The van der Waals surface area contributed by atoms with Gasteiger partial charge in [0.25, 0.3) is 0 Å². The summed E-state index contributed by atoms with van der Waals surface area (Å²) in [6, 6.07) is 7.21. The number of nitrogens with one attached hydrogen (secondary N) is 1. The molecule has 0 atom stereocenters. The summed E-state index contributed by atoms with van der Waals surface area (Å²) in [6.45, 7) is 10.9. The Hall–Kier alpha value is -1.88. The van der Waals surface area contributed by atoms with Gasteiger partial charge in [-0.15, -0.1) is 0 Å². The van der Waals surface area contributed by atoms with E-state index < -0.39 is 0 Å². The summed E-state index contributed by atoms with van der Waals surface area (Å²) in [5.41, 5.74) is 2.74. The van der Waals surface area contributed by atoms with Gasteiger partial charge in [-0.25, -0.2) is 0 Å². The van der Waals surface area contributed by atoms with Gasteiger partial charge in [0.1, 0.15) is 5.69 Å². The van der Waals surface area contributed by atoms with Crippen LogP contribution in [0.1, 0.15) is 39.8 Å². The number of hydrogen-bond donors (Lipinski definition) is 1. The second-order valence-corrected chi connectivity index (χ2v) is 4.76. The molecule has 2 aromatic rings. The molecule has 0 spiro atoms. The lowest BCUT2D eigenvalue weighted by atomic mass is 10.2. The van der Waals surface area contributed by atoms with E-state index in [1.54, 1.807) is 6.07 Å². The van der Waals surface area contributed by atoms with Gasteiger partial charge in [-0.05, 0) is 25.6 Å². The smallest absolute Gasteiger partial charge is 0.248 e. The standard InChI is InChI=1S/C13H16N4O.2C2H6/c1-16-6-3-7-17-10(9-16)8-12(15-17)11-4-2-5-13(18)14-11;2*1-2/h2,4-5,8H,3,6-7,9H2,1H3,(H,14,18);2*1-2H3. The summed E-state index contributed by atoms with van der Waals surface area (Å²) in [6.07, 6.45) is 1.11. The van der Waals surface area contributed by atoms with Crippen molar-refractivity contribution in [2.45, 2.75) is 47.2 Å². The third kappa shape index (κ3) is 4.56. The van der Waals surface area contributed by atoms with Crippen LogP contribution in [0.25, 0.3) is 11.4 Å². The number of fused-ring (bicyclic) bond motifs is 1. The monoisotopic (exact) mass is 304 g/mol. The summed E-state index contributed by atoms with van der Waals surface area (Å²) in [7, 11) is 2.12. The molecular weight excluding hydrogens is 276 g/mol. The van der Waals surface area contributed by atoms with Crippen LogP contribution < -0.4 is 5.56 Å². The van der Waals surface area contributed by atoms with Crippen LogP contribution in [0.15, 0.2) is 29.1 Å². The molecule has 5 heteroatoms. The Morgan fingerprint density at radius 2 is 1.86 bits per heavy atom. The van der Waals surface area contributed by atoms with Gasteiger partial charge >= 0.3 is 0 Å². The Balaban J connectivity index is 0.000000561. The van der Waals surface area contributed by atoms with Crippen LogP contribution in [0.4, 0.5) is 0 Å². The van der Waals surface area contributed by atoms with Crippen LogP contribution >= 0.6 is 0 Å². The van der Waals surface area contributed by atoms with E-state index in [0.29, 0.717) is 0 Å². The molecule has 0 saturated heterocycles. The highest BCUT2D eigenvalue weighted by Gasteiger charge is 2.14. The average molecular weight is 304 g/mol. The lowest BCUT2D eigenvalue weighted by molar-refractivity contribution is 0.332. The molecule has 0 aliphatic carbocycles. The predicted molar refractivity (Wildman–Crippen MR) is 91.9 cm³/mol. The fraction of sp³-hybridized carbons (Fsp3) is 0.529. The van der Waals surface area contributed by atoms with Crippen molar-refractivity contribution in [2.75, 3.05) is 13.6 Å². The fourth-order valence-electron chi connectivity index (χ4n) is 2.35. The van der Waals surface area contributed by atoms with Gasteiger partial charge in [0.15, 0.2) is 0 Å². The zero-order valence-electron chi connectivity index (χ0n) is 14.4. The number of nitrogens with zero attached hydrogens (tertiary/aromatic N) is 3. The van der Waals surface area contributed by atoms with E-state index >= 15 is 0 Å². The minimum Gasteiger partial charge on any atom is -0.321 e. The van der Waals surface area contributed by atoms with E-state index in [0.717, 1.165) is 37.4 Å². The van der Waals surface area contributed by atoms with E-state index in [4.69, 9.17) is 0 Å². The van der Waals surface area contributed by atoms with Crippen LogP contribution in [0.5, 0.6) is 0 Å². The molecule has 0 amide bonds. The second kappa shape index (κ2) is 9.20. The molecular formula is C17H28N4O. The van der Waals surface area contributed by atoms with Crippen LogP contribution in [-0.2, 0) is 13.1 Å². The normalized spacial score (nSPS) is 13.9. The molecule has 22 heavy (non-hydrogen) atoms. The van der Waals surface area contributed by atoms with Gasteiger partial charge in [0.05, 0.1) is 11.4 Å². The molecule has 0 radical (unpaired) electrons. The zero-order chi connectivity index (χ0) is 16.5. The Bertz CT molecular complexity index is 615. The summed E-state index contributed by atoms with van der Waals surface area (Å²) in [5, 5.41) is 4.58. The van der Waals surface area contributed by atoms with Crippen molar-refractivity contribution in [3.8, 4) is 11.4 Å². The number of pyridine rings is 1. The largest absolute Gasteiger partial charge is 0.321 e. The SMILES string of the molecule is CC.CC.CN1CCCn2nc(-c3cccc(=O)[nH]3)cc2C1. The van der Waals surface area contributed by atoms with Gasteiger partial charge in [0, 0.05) is 25.7 Å². The lowest BCUT2D eigenvalue weighted by Gasteiger charge is -2.10. The third-order valence-electron chi connectivity index (χ3n) is 3.25. The lowest BCUT2D eigenvalue weighted by Crippen LogP contribution is -2.16. The van der Waals surface area contributed by atoms with E-state index in [1.807, 2.05) is 38.4 Å². The van der Waals surface area contributed by atoms with E-state index in [-0.39, 0.29) is 5.56 Å². The maximum absolute atomic E-state index is 11.3. The Morgan fingerprint density at radius 1 is 1.14 bits per heavy atom. The molecule has 0 fully saturated rings. The second-order valence-electron chi connectivity index (χ2n) is 4.76. The molecule has 5 nitrogen and oxygen atoms in total. The summed E-state index contributed by atoms with van der Waals surface area (Å²) in [4.78, 5) is 16.4. The molecule has 2 aromatic heterocycles. The molecule has 3 rings (SSSR count). The van der Waals surface area contributed by atoms with Crippen LogP contribution in [-0.4, -0.2) is 33.3 Å². The quantitative estimate of drug-likeness (QED) is 0.880. The number of hydrogen-bond acceptors (Lipinski definition) is 3. The minimum absolute atomic E-state index is 0.0900. The highest BCUT2D eigenvalue weighted by atomic mass is 16.1. The van der Waals surface area contributed by atoms with Crippen LogP contribution in [0, 0.1) is 0 Å². The Labute approximate surface area is 133 Å². The van der Waals surface area contributed by atoms with Crippen molar-refractivity contribution >= 4 is 0 Å². The highest BCUT2D eigenvalue weighted by Crippen LogP contribution is 2.19. The number of aromatic amines is 1. The molecule has 0 saturated carbocycles. The van der Waals surface area contributed by atoms with Crippen molar-refractivity contribution in [3.63, 3.8) is 0 Å². The highest BCUT2D eigenvalue weighted by molar-refractivity contribution is 5.53. The molecule has 1 N–H and O–H groups in total. The molecule has 122 valence electrons. The number of aromatic nitrogens is 3. The van der Waals surface area contributed by atoms with Gasteiger partial charge in [-0.2, -0.15) is 5.10 Å². The Morgan fingerprint density at radius 3 is 2.55 bits per heavy atom. The zero-order valence-corrected chi connectivity index (χ0v) is 14.4. The van der Waals surface area contributed by atoms with E-state index in [1.165, 1.54) is 11.8 Å². The van der Waals surface area contributed by atoms with Gasteiger partial charge < -0.3 is 9.88 Å². The fourth-order valence-corrected chi connectivity index (χ4v) is 2.35. The number of rotatable bonds is 1. The van der Waals surface area contributed by atoms with Crippen LogP contribution in [0.2, 0.25) is 0 Å². The van der Waals surface area contributed by atoms with E-state index in [2.05, 4.69) is 28.1 Å². The van der Waals surface area contributed by atoms with E-state index in [9.17, 15) is 4.79 Å². The molecule has 0 aromatic carbocycles. The molecule has 3 heterocycles. The van der Waals surface area contributed by atoms with Crippen molar-refractivity contribution in [1.82, 2.24) is 19.7 Å². The first-order chi connectivity index (χ1) is 10.7. The van der Waals surface area contributed by atoms with Crippen molar-refractivity contribution in [2.24, 2.45) is 0 Å². The maximum atomic E-state index is 11.3. The first-order valence-corrected chi connectivity index (χ1v) is 8.17. The number of aryl methyl sites for hydroxylation is 1. The van der Waals surface area contributed by atoms with Gasteiger partial charge in [0.2, 0.25) is 5.56 Å². The minimum atomic E-state index is -0.0900. The average Bonchev–Trinajstić information content (AvgIpc) is 2.86. The summed E-state index contributed by atoms with van der Waals surface area (Å²) in [5.74, 6) is 0. The molecule has 1 aliphatic heterocycles.